The number of aromatic nitrogens is 3. The van der Waals surface area contributed by atoms with E-state index < -0.39 is 0 Å². The second kappa shape index (κ2) is 4.66. The van der Waals surface area contributed by atoms with E-state index in [2.05, 4.69) is 23.2 Å². The van der Waals surface area contributed by atoms with Gasteiger partial charge >= 0.3 is 0 Å². The van der Waals surface area contributed by atoms with E-state index in [4.69, 9.17) is 11.6 Å². The third kappa shape index (κ3) is 2.25. The number of benzene rings is 1. The largest absolute Gasteiger partial charge is 0.314 e. The summed E-state index contributed by atoms with van der Waals surface area (Å²) < 4.78 is 2.05. The van der Waals surface area contributed by atoms with Crippen molar-refractivity contribution in [1.82, 2.24) is 14.8 Å². The van der Waals surface area contributed by atoms with Crippen molar-refractivity contribution in [2.45, 2.75) is 26.8 Å². The molecular weight excluding hydrogens is 222 g/mol. The lowest BCUT2D eigenvalue weighted by molar-refractivity contribution is 0.682. The summed E-state index contributed by atoms with van der Waals surface area (Å²) in [5, 5.41) is 8.83. The number of aryl methyl sites for hydroxylation is 2. The molecule has 1 aromatic carbocycles. The Morgan fingerprint density at radius 3 is 2.81 bits per heavy atom. The third-order valence-electron chi connectivity index (χ3n) is 2.38. The molecule has 0 atom stereocenters. The summed E-state index contributed by atoms with van der Waals surface area (Å²) in [6.07, 6.45) is 2.82. The highest BCUT2D eigenvalue weighted by Gasteiger charge is 2.07. The molecule has 0 amide bonds. The van der Waals surface area contributed by atoms with E-state index in [9.17, 15) is 0 Å². The molecule has 1 heterocycles. The van der Waals surface area contributed by atoms with E-state index in [1.165, 1.54) is 0 Å². The Balaban J connectivity index is 2.45. The number of hydrogen-bond donors (Lipinski definition) is 0. The minimum Gasteiger partial charge on any atom is -0.314 e. The second-order valence-electron chi connectivity index (χ2n) is 3.87. The van der Waals surface area contributed by atoms with Crippen molar-refractivity contribution in [2.75, 3.05) is 0 Å². The van der Waals surface area contributed by atoms with Gasteiger partial charge in [-0.3, -0.25) is 0 Å². The van der Waals surface area contributed by atoms with Gasteiger partial charge in [-0.1, -0.05) is 18.5 Å². The van der Waals surface area contributed by atoms with Gasteiger partial charge in [-0.25, -0.2) is 0 Å². The maximum absolute atomic E-state index is 6.04. The first-order valence-electron chi connectivity index (χ1n) is 5.36. The smallest absolute Gasteiger partial charge is 0.163 e. The summed E-state index contributed by atoms with van der Waals surface area (Å²) in [5.41, 5.74) is 2.16. The standard InChI is InChI=1S/C12H14ClN3/c1-3-4-16-8-14-15-12(16)10-5-9(2)6-11(13)7-10/h5-8H,3-4H2,1-2H3. The lowest BCUT2D eigenvalue weighted by Gasteiger charge is -2.06. The number of halogens is 1. The molecular formula is C12H14ClN3. The highest BCUT2D eigenvalue weighted by Crippen LogP contribution is 2.23. The molecule has 0 aliphatic carbocycles. The van der Waals surface area contributed by atoms with Crippen LogP contribution >= 0.6 is 11.6 Å². The van der Waals surface area contributed by atoms with Crippen LogP contribution in [0, 0.1) is 6.92 Å². The summed E-state index contributed by atoms with van der Waals surface area (Å²) in [5.74, 6) is 0.882. The SMILES string of the molecule is CCCn1cnnc1-c1cc(C)cc(Cl)c1. The van der Waals surface area contributed by atoms with Crippen LogP contribution in [0.4, 0.5) is 0 Å². The molecule has 0 N–H and O–H groups in total. The molecule has 0 spiro atoms. The highest BCUT2D eigenvalue weighted by atomic mass is 35.5. The number of nitrogens with zero attached hydrogens (tertiary/aromatic N) is 3. The van der Waals surface area contributed by atoms with Gasteiger partial charge in [0.1, 0.15) is 6.33 Å². The minimum atomic E-state index is 0.737. The quantitative estimate of drug-likeness (QED) is 0.817. The van der Waals surface area contributed by atoms with Crippen molar-refractivity contribution < 1.29 is 0 Å². The van der Waals surface area contributed by atoms with E-state index in [0.29, 0.717) is 0 Å². The molecule has 2 aromatic rings. The molecule has 16 heavy (non-hydrogen) atoms. The van der Waals surface area contributed by atoms with E-state index in [-0.39, 0.29) is 0 Å². The summed E-state index contributed by atoms with van der Waals surface area (Å²) in [4.78, 5) is 0. The normalized spacial score (nSPS) is 10.7. The topological polar surface area (TPSA) is 30.7 Å². The first-order valence-corrected chi connectivity index (χ1v) is 5.74. The summed E-state index contributed by atoms with van der Waals surface area (Å²) in [6.45, 7) is 5.08. The van der Waals surface area contributed by atoms with Crippen LogP contribution in [-0.4, -0.2) is 14.8 Å². The maximum atomic E-state index is 6.04. The first-order chi connectivity index (χ1) is 7.70. The Morgan fingerprint density at radius 2 is 2.12 bits per heavy atom. The van der Waals surface area contributed by atoms with Crippen LogP contribution in [0.3, 0.4) is 0 Å². The van der Waals surface area contributed by atoms with Crippen molar-refractivity contribution in [2.24, 2.45) is 0 Å². The fourth-order valence-corrected chi connectivity index (χ4v) is 2.04. The Morgan fingerprint density at radius 1 is 1.31 bits per heavy atom. The van der Waals surface area contributed by atoms with Crippen molar-refractivity contribution >= 4 is 11.6 Å². The van der Waals surface area contributed by atoms with Crippen molar-refractivity contribution in [3.63, 3.8) is 0 Å². The zero-order valence-corrected chi connectivity index (χ0v) is 10.2. The third-order valence-corrected chi connectivity index (χ3v) is 2.60. The first kappa shape index (κ1) is 11.1. The zero-order chi connectivity index (χ0) is 11.5. The van der Waals surface area contributed by atoms with Crippen LogP contribution in [0.1, 0.15) is 18.9 Å². The second-order valence-corrected chi connectivity index (χ2v) is 4.30. The summed E-state index contributed by atoms with van der Waals surface area (Å²) >= 11 is 6.04. The van der Waals surface area contributed by atoms with Crippen molar-refractivity contribution in [3.8, 4) is 11.4 Å². The molecule has 3 nitrogen and oxygen atoms in total. The molecule has 0 radical (unpaired) electrons. The fraction of sp³-hybridized carbons (Fsp3) is 0.333. The van der Waals surface area contributed by atoms with Crippen LogP contribution in [-0.2, 0) is 6.54 Å². The molecule has 84 valence electrons. The fourth-order valence-electron chi connectivity index (χ4n) is 1.75. The number of rotatable bonds is 3. The predicted molar refractivity (Wildman–Crippen MR) is 65.5 cm³/mol. The lowest BCUT2D eigenvalue weighted by Crippen LogP contribution is -1.98. The lowest BCUT2D eigenvalue weighted by atomic mass is 10.1. The van der Waals surface area contributed by atoms with Gasteiger partial charge in [0.15, 0.2) is 5.82 Å². The van der Waals surface area contributed by atoms with E-state index in [0.717, 1.165) is 34.9 Å². The Hall–Kier alpha value is -1.35. The van der Waals surface area contributed by atoms with Crippen LogP contribution < -0.4 is 0 Å². The molecule has 0 saturated carbocycles. The van der Waals surface area contributed by atoms with Gasteiger partial charge in [0, 0.05) is 17.1 Å². The molecule has 2 rings (SSSR count). The predicted octanol–water partition coefficient (Wildman–Crippen LogP) is 3.32. The highest BCUT2D eigenvalue weighted by molar-refractivity contribution is 6.30. The van der Waals surface area contributed by atoms with Crippen LogP contribution in [0.5, 0.6) is 0 Å². The average molecular weight is 236 g/mol. The summed E-state index contributed by atoms with van der Waals surface area (Å²) in [6, 6.07) is 5.93. The Bertz CT molecular complexity index is 471. The van der Waals surface area contributed by atoms with Gasteiger partial charge in [0.2, 0.25) is 0 Å². The molecule has 0 saturated heterocycles. The number of hydrogen-bond acceptors (Lipinski definition) is 2. The average Bonchev–Trinajstić information content (AvgIpc) is 2.65. The van der Waals surface area contributed by atoms with Crippen LogP contribution in [0.2, 0.25) is 5.02 Å². The van der Waals surface area contributed by atoms with E-state index >= 15 is 0 Å². The van der Waals surface area contributed by atoms with E-state index in [1.54, 1.807) is 6.33 Å². The van der Waals surface area contributed by atoms with Gasteiger partial charge in [0.25, 0.3) is 0 Å². The zero-order valence-electron chi connectivity index (χ0n) is 9.44. The van der Waals surface area contributed by atoms with Gasteiger partial charge in [0.05, 0.1) is 0 Å². The molecule has 0 aliphatic heterocycles. The molecule has 0 aliphatic rings. The molecule has 0 fully saturated rings. The molecule has 0 bridgehead atoms. The Labute approximate surface area is 100 Å². The molecule has 4 heteroatoms. The monoisotopic (exact) mass is 235 g/mol. The minimum absolute atomic E-state index is 0.737. The molecule has 1 aromatic heterocycles. The van der Waals surface area contributed by atoms with Crippen LogP contribution in [0.25, 0.3) is 11.4 Å². The summed E-state index contributed by atoms with van der Waals surface area (Å²) in [7, 11) is 0. The maximum Gasteiger partial charge on any atom is 0.163 e. The van der Waals surface area contributed by atoms with Gasteiger partial charge < -0.3 is 4.57 Å². The van der Waals surface area contributed by atoms with E-state index in [1.807, 2.05) is 23.6 Å². The van der Waals surface area contributed by atoms with Gasteiger partial charge in [-0.05, 0) is 37.1 Å². The molecule has 0 unspecified atom stereocenters. The van der Waals surface area contributed by atoms with Gasteiger partial charge in [-0.2, -0.15) is 0 Å². The van der Waals surface area contributed by atoms with Crippen LogP contribution in [0.15, 0.2) is 24.5 Å². The van der Waals surface area contributed by atoms with Gasteiger partial charge in [-0.15, -0.1) is 10.2 Å². The van der Waals surface area contributed by atoms with Crippen molar-refractivity contribution in [3.05, 3.63) is 35.1 Å². The Kier molecular flexibility index (Phi) is 3.25. The van der Waals surface area contributed by atoms with Crippen molar-refractivity contribution in [1.29, 1.82) is 0 Å².